The molecule has 1 fully saturated rings. The highest BCUT2D eigenvalue weighted by molar-refractivity contribution is 5.81. The van der Waals surface area contributed by atoms with E-state index in [1.54, 1.807) is 0 Å². The number of hydrogen-bond donors (Lipinski definition) is 1. The molecule has 0 aliphatic carbocycles. The van der Waals surface area contributed by atoms with Gasteiger partial charge in [0.25, 0.3) is 5.91 Å². The summed E-state index contributed by atoms with van der Waals surface area (Å²) in [5.74, 6) is 0.145. The first-order chi connectivity index (χ1) is 6.66. The van der Waals surface area contributed by atoms with Crippen LogP contribution in [0.15, 0.2) is 0 Å². The molecular formula is C10H20N2O2. The zero-order valence-electron chi connectivity index (χ0n) is 9.03. The van der Waals surface area contributed by atoms with Crippen LogP contribution in [0.1, 0.15) is 33.1 Å². The Morgan fingerprint density at radius 1 is 1.57 bits per heavy atom. The molecule has 1 saturated heterocycles. The van der Waals surface area contributed by atoms with E-state index in [1.165, 1.54) is 5.06 Å². The summed E-state index contributed by atoms with van der Waals surface area (Å²) in [5.41, 5.74) is 5.83. The Hall–Kier alpha value is -0.610. The lowest BCUT2D eigenvalue weighted by Crippen LogP contribution is -2.48. The highest BCUT2D eigenvalue weighted by Gasteiger charge is 2.26. The number of carbonyl (C=O) groups is 1. The molecule has 0 bridgehead atoms. The van der Waals surface area contributed by atoms with Crippen molar-refractivity contribution in [3.63, 3.8) is 0 Å². The Kier molecular flexibility index (Phi) is 4.35. The van der Waals surface area contributed by atoms with Gasteiger partial charge in [-0.15, -0.1) is 0 Å². The summed E-state index contributed by atoms with van der Waals surface area (Å²) in [6, 6.07) is -0.418. The molecule has 1 heterocycles. The smallest absolute Gasteiger partial charge is 0.263 e. The van der Waals surface area contributed by atoms with Crippen LogP contribution < -0.4 is 5.73 Å². The van der Waals surface area contributed by atoms with E-state index in [0.29, 0.717) is 13.2 Å². The second kappa shape index (κ2) is 5.32. The summed E-state index contributed by atoms with van der Waals surface area (Å²) < 4.78 is 0. The number of rotatable bonds is 3. The normalized spacial score (nSPS) is 21.8. The van der Waals surface area contributed by atoms with Crippen LogP contribution in [0.5, 0.6) is 0 Å². The number of carbonyl (C=O) groups excluding carboxylic acids is 1. The SMILES string of the molecule is CCC(C)C(N)C(=O)N1CCCCO1. The molecule has 2 atom stereocenters. The van der Waals surface area contributed by atoms with Crippen molar-refractivity contribution >= 4 is 5.91 Å². The lowest BCUT2D eigenvalue weighted by Gasteiger charge is -2.29. The third kappa shape index (κ3) is 2.69. The largest absolute Gasteiger partial charge is 0.320 e. The number of hydroxylamine groups is 2. The van der Waals surface area contributed by atoms with E-state index in [2.05, 4.69) is 0 Å². The summed E-state index contributed by atoms with van der Waals surface area (Å²) in [6.07, 6.45) is 2.96. The Bertz CT molecular complexity index is 187. The summed E-state index contributed by atoms with van der Waals surface area (Å²) in [4.78, 5) is 17.0. The third-order valence-electron chi connectivity index (χ3n) is 2.79. The fraction of sp³-hybridized carbons (Fsp3) is 0.900. The van der Waals surface area contributed by atoms with Gasteiger partial charge in [-0.05, 0) is 18.8 Å². The fourth-order valence-electron chi connectivity index (χ4n) is 1.43. The lowest BCUT2D eigenvalue weighted by molar-refractivity contribution is -0.199. The average molecular weight is 200 g/mol. The lowest BCUT2D eigenvalue weighted by atomic mass is 9.99. The van der Waals surface area contributed by atoms with Crippen molar-refractivity contribution in [1.82, 2.24) is 5.06 Å². The monoisotopic (exact) mass is 200 g/mol. The molecular weight excluding hydrogens is 180 g/mol. The summed E-state index contributed by atoms with van der Waals surface area (Å²) in [7, 11) is 0. The minimum Gasteiger partial charge on any atom is -0.320 e. The molecule has 1 amide bonds. The van der Waals surface area contributed by atoms with Crippen LogP contribution in [-0.4, -0.2) is 30.2 Å². The second-order valence-electron chi connectivity index (χ2n) is 3.89. The van der Waals surface area contributed by atoms with Crippen molar-refractivity contribution < 1.29 is 9.63 Å². The van der Waals surface area contributed by atoms with Crippen molar-refractivity contribution in [2.24, 2.45) is 11.7 Å². The molecule has 82 valence electrons. The fourth-order valence-corrected chi connectivity index (χ4v) is 1.43. The number of nitrogens with zero attached hydrogens (tertiary/aromatic N) is 1. The van der Waals surface area contributed by atoms with E-state index in [4.69, 9.17) is 10.6 Å². The van der Waals surface area contributed by atoms with E-state index >= 15 is 0 Å². The van der Waals surface area contributed by atoms with Crippen molar-refractivity contribution in [2.75, 3.05) is 13.2 Å². The van der Waals surface area contributed by atoms with Crippen LogP contribution in [0.3, 0.4) is 0 Å². The van der Waals surface area contributed by atoms with Crippen LogP contribution in [0.25, 0.3) is 0 Å². The van der Waals surface area contributed by atoms with Crippen molar-refractivity contribution in [3.05, 3.63) is 0 Å². The molecule has 1 aliphatic heterocycles. The molecule has 4 heteroatoms. The first-order valence-corrected chi connectivity index (χ1v) is 5.36. The predicted octanol–water partition coefficient (Wildman–Crippen LogP) is 0.914. The maximum absolute atomic E-state index is 11.8. The number of hydrogen-bond acceptors (Lipinski definition) is 3. The van der Waals surface area contributed by atoms with Gasteiger partial charge < -0.3 is 5.73 Å². The van der Waals surface area contributed by atoms with E-state index in [1.807, 2.05) is 13.8 Å². The topological polar surface area (TPSA) is 55.6 Å². The van der Waals surface area contributed by atoms with E-state index in [0.717, 1.165) is 19.3 Å². The molecule has 0 radical (unpaired) electrons. The van der Waals surface area contributed by atoms with Crippen molar-refractivity contribution in [2.45, 2.75) is 39.2 Å². The molecule has 0 aromatic carbocycles. The van der Waals surface area contributed by atoms with E-state index in [-0.39, 0.29) is 11.8 Å². The molecule has 1 rings (SSSR count). The maximum Gasteiger partial charge on any atom is 0.263 e. The molecule has 0 saturated carbocycles. The average Bonchev–Trinajstić information content (AvgIpc) is 2.27. The highest BCUT2D eigenvalue weighted by Crippen LogP contribution is 2.12. The van der Waals surface area contributed by atoms with Gasteiger partial charge in [0.1, 0.15) is 0 Å². The van der Waals surface area contributed by atoms with Gasteiger partial charge in [0.15, 0.2) is 0 Å². The van der Waals surface area contributed by atoms with Crippen molar-refractivity contribution in [3.8, 4) is 0 Å². The van der Waals surface area contributed by atoms with Crippen LogP contribution in [0.4, 0.5) is 0 Å². The Balaban J connectivity index is 2.46. The van der Waals surface area contributed by atoms with Gasteiger partial charge in [-0.2, -0.15) is 0 Å². The van der Waals surface area contributed by atoms with E-state index < -0.39 is 6.04 Å². The van der Waals surface area contributed by atoms with E-state index in [9.17, 15) is 4.79 Å². The quantitative estimate of drug-likeness (QED) is 0.737. The molecule has 14 heavy (non-hydrogen) atoms. The van der Waals surface area contributed by atoms with Crippen LogP contribution in [0, 0.1) is 5.92 Å². The molecule has 0 spiro atoms. The van der Waals surface area contributed by atoms with Crippen LogP contribution in [0.2, 0.25) is 0 Å². The van der Waals surface area contributed by atoms with Crippen LogP contribution >= 0.6 is 0 Å². The van der Waals surface area contributed by atoms with Gasteiger partial charge >= 0.3 is 0 Å². The van der Waals surface area contributed by atoms with Gasteiger partial charge in [0.05, 0.1) is 12.6 Å². The maximum atomic E-state index is 11.8. The Labute approximate surface area is 85.3 Å². The Morgan fingerprint density at radius 2 is 2.29 bits per heavy atom. The first kappa shape index (κ1) is 11.5. The zero-order valence-corrected chi connectivity index (χ0v) is 9.03. The number of amides is 1. The van der Waals surface area contributed by atoms with Crippen LogP contribution in [-0.2, 0) is 9.63 Å². The molecule has 0 aromatic rings. The summed E-state index contributed by atoms with van der Waals surface area (Å²) in [6.45, 7) is 5.35. The molecule has 2 unspecified atom stereocenters. The minimum atomic E-state index is -0.418. The molecule has 0 aromatic heterocycles. The Morgan fingerprint density at radius 3 is 2.79 bits per heavy atom. The second-order valence-corrected chi connectivity index (χ2v) is 3.89. The summed E-state index contributed by atoms with van der Waals surface area (Å²) in [5, 5.41) is 1.43. The molecule has 4 nitrogen and oxygen atoms in total. The molecule has 2 N–H and O–H groups in total. The minimum absolute atomic E-state index is 0.0703. The summed E-state index contributed by atoms with van der Waals surface area (Å²) >= 11 is 0. The first-order valence-electron chi connectivity index (χ1n) is 5.36. The standard InChI is InChI=1S/C10H20N2O2/c1-3-8(2)9(11)10(13)12-6-4-5-7-14-12/h8-9H,3-7,11H2,1-2H3. The molecule has 1 aliphatic rings. The van der Waals surface area contributed by atoms with Gasteiger partial charge in [-0.1, -0.05) is 20.3 Å². The van der Waals surface area contributed by atoms with Gasteiger partial charge in [0, 0.05) is 6.54 Å². The third-order valence-corrected chi connectivity index (χ3v) is 2.79. The van der Waals surface area contributed by atoms with Gasteiger partial charge in [-0.25, -0.2) is 5.06 Å². The number of nitrogens with two attached hydrogens (primary N) is 1. The van der Waals surface area contributed by atoms with Crippen molar-refractivity contribution in [1.29, 1.82) is 0 Å². The van der Waals surface area contributed by atoms with Gasteiger partial charge in [-0.3, -0.25) is 9.63 Å². The highest BCUT2D eigenvalue weighted by atomic mass is 16.7. The van der Waals surface area contributed by atoms with Gasteiger partial charge in [0.2, 0.25) is 0 Å². The predicted molar refractivity (Wildman–Crippen MR) is 54.3 cm³/mol. The zero-order chi connectivity index (χ0) is 10.6.